The quantitative estimate of drug-likeness (QED) is 0.684. The van der Waals surface area contributed by atoms with Gasteiger partial charge in [0, 0.05) is 6.54 Å². The van der Waals surface area contributed by atoms with Crippen LogP contribution in [0.1, 0.15) is 17.8 Å². The van der Waals surface area contributed by atoms with Crippen molar-refractivity contribution in [1.29, 1.82) is 0 Å². The van der Waals surface area contributed by atoms with E-state index in [0.29, 0.717) is 24.0 Å². The highest BCUT2D eigenvalue weighted by Crippen LogP contribution is 2.31. The zero-order valence-corrected chi connectivity index (χ0v) is 11.8. The number of imidazole rings is 1. The Hall–Kier alpha value is -2.30. The van der Waals surface area contributed by atoms with Crippen LogP contribution < -0.4 is 0 Å². The lowest BCUT2D eigenvalue weighted by Gasteiger charge is -2.11. The Morgan fingerprint density at radius 3 is 2.32 bits per heavy atom. The van der Waals surface area contributed by atoms with Crippen LogP contribution in [0.2, 0.25) is 0 Å². The fraction of sp³-hybridized carbons (Fsp3) is 0.235. The van der Waals surface area contributed by atoms with Crippen molar-refractivity contribution in [3.63, 3.8) is 0 Å². The average Bonchev–Trinajstić information content (AvgIpc) is 2.88. The first kappa shape index (κ1) is 14.6. The highest BCUT2D eigenvalue weighted by atomic mass is 19.4. The maximum Gasteiger partial charge on any atom is 0.449 e. The Bertz CT molecular complexity index is 760. The van der Waals surface area contributed by atoms with Gasteiger partial charge >= 0.3 is 6.18 Å². The first-order chi connectivity index (χ1) is 10.6. The van der Waals surface area contributed by atoms with Crippen molar-refractivity contribution in [3.05, 3.63) is 66.0 Å². The summed E-state index contributed by atoms with van der Waals surface area (Å²) in [6.07, 6.45) is -3.07. The fourth-order valence-corrected chi connectivity index (χ4v) is 2.60. The second-order valence-corrected chi connectivity index (χ2v) is 5.16. The molecule has 0 bridgehead atoms. The molecule has 0 aliphatic rings. The Morgan fingerprint density at radius 1 is 0.909 bits per heavy atom. The molecule has 0 spiro atoms. The minimum atomic E-state index is -4.44. The molecular weight excluding hydrogens is 289 g/mol. The largest absolute Gasteiger partial charge is 0.449 e. The third-order valence-corrected chi connectivity index (χ3v) is 3.60. The molecule has 3 aromatic rings. The molecule has 1 aromatic heterocycles. The number of aryl methyl sites for hydroxylation is 2. The molecule has 0 radical (unpaired) electrons. The standard InChI is InChI=1S/C17H15F3N2/c18-17(19,20)16-21-14-10-4-5-11-15(14)22(16)12-6-9-13-7-2-1-3-8-13/h1-5,7-8,10-11H,6,9,12H2. The highest BCUT2D eigenvalue weighted by Gasteiger charge is 2.37. The van der Waals surface area contributed by atoms with E-state index in [1.165, 1.54) is 4.57 Å². The van der Waals surface area contributed by atoms with Gasteiger partial charge < -0.3 is 4.57 Å². The second-order valence-electron chi connectivity index (χ2n) is 5.16. The zero-order valence-electron chi connectivity index (χ0n) is 11.8. The molecule has 0 saturated carbocycles. The molecule has 0 amide bonds. The van der Waals surface area contributed by atoms with E-state index in [4.69, 9.17) is 0 Å². The summed E-state index contributed by atoms with van der Waals surface area (Å²) in [7, 11) is 0. The molecule has 0 aliphatic carbocycles. The van der Waals surface area contributed by atoms with Crippen LogP contribution in [0.25, 0.3) is 11.0 Å². The van der Waals surface area contributed by atoms with Gasteiger partial charge in [0.2, 0.25) is 5.82 Å². The number of alkyl halides is 3. The Kier molecular flexibility index (Phi) is 3.88. The molecule has 0 unspecified atom stereocenters. The van der Waals surface area contributed by atoms with Gasteiger partial charge in [-0.15, -0.1) is 0 Å². The van der Waals surface area contributed by atoms with Crippen molar-refractivity contribution >= 4 is 11.0 Å². The molecule has 22 heavy (non-hydrogen) atoms. The summed E-state index contributed by atoms with van der Waals surface area (Å²) < 4.78 is 40.7. The van der Waals surface area contributed by atoms with Crippen LogP contribution in [0.15, 0.2) is 54.6 Å². The number of para-hydroxylation sites is 2. The highest BCUT2D eigenvalue weighted by molar-refractivity contribution is 5.76. The molecule has 2 aromatic carbocycles. The maximum absolute atomic E-state index is 13.2. The summed E-state index contributed by atoms with van der Waals surface area (Å²) in [6.45, 7) is 0.296. The van der Waals surface area contributed by atoms with E-state index >= 15 is 0 Å². The van der Waals surface area contributed by atoms with Gasteiger partial charge in [-0.05, 0) is 30.5 Å². The predicted octanol–water partition coefficient (Wildman–Crippen LogP) is 4.69. The van der Waals surface area contributed by atoms with E-state index in [9.17, 15) is 13.2 Å². The summed E-state index contributed by atoms with van der Waals surface area (Å²) in [5, 5.41) is 0. The summed E-state index contributed by atoms with van der Waals surface area (Å²) in [5.74, 6) is -0.818. The summed E-state index contributed by atoms with van der Waals surface area (Å²) >= 11 is 0. The average molecular weight is 304 g/mol. The lowest BCUT2D eigenvalue weighted by atomic mass is 10.1. The van der Waals surface area contributed by atoms with Crippen molar-refractivity contribution in [2.45, 2.75) is 25.6 Å². The van der Waals surface area contributed by atoms with Crippen LogP contribution in [0.3, 0.4) is 0 Å². The lowest BCUT2D eigenvalue weighted by Crippen LogP contribution is -2.15. The molecule has 0 fully saturated rings. The molecule has 1 heterocycles. The minimum absolute atomic E-state index is 0.296. The number of aromatic nitrogens is 2. The fourth-order valence-electron chi connectivity index (χ4n) is 2.60. The van der Waals surface area contributed by atoms with Gasteiger partial charge in [0.25, 0.3) is 0 Å². The van der Waals surface area contributed by atoms with Crippen molar-refractivity contribution in [1.82, 2.24) is 9.55 Å². The number of nitrogens with zero attached hydrogens (tertiary/aromatic N) is 2. The molecule has 2 nitrogen and oxygen atoms in total. The number of fused-ring (bicyclic) bond motifs is 1. The van der Waals surface area contributed by atoms with Crippen LogP contribution in [-0.4, -0.2) is 9.55 Å². The number of rotatable bonds is 4. The van der Waals surface area contributed by atoms with E-state index in [-0.39, 0.29) is 0 Å². The van der Waals surface area contributed by atoms with Gasteiger partial charge in [-0.3, -0.25) is 0 Å². The third-order valence-electron chi connectivity index (χ3n) is 3.60. The van der Waals surface area contributed by atoms with Crippen LogP contribution in [-0.2, 0) is 19.1 Å². The maximum atomic E-state index is 13.2. The molecule has 0 N–H and O–H groups in total. The van der Waals surface area contributed by atoms with Crippen LogP contribution in [0.5, 0.6) is 0 Å². The minimum Gasteiger partial charge on any atom is -0.320 e. The monoisotopic (exact) mass is 304 g/mol. The topological polar surface area (TPSA) is 17.8 Å². The van der Waals surface area contributed by atoms with E-state index in [2.05, 4.69) is 4.98 Å². The first-order valence-electron chi connectivity index (χ1n) is 7.12. The number of hydrogen-bond donors (Lipinski definition) is 0. The Balaban J connectivity index is 1.85. The van der Waals surface area contributed by atoms with Gasteiger partial charge in [-0.2, -0.15) is 13.2 Å². The molecule has 0 atom stereocenters. The van der Waals surface area contributed by atoms with E-state index in [1.807, 2.05) is 30.3 Å². The van der Waals surface area contributed by atoms with Crippen molar-refractivity contribution in [2.24, 2.45) is 0 Å². The zero-order chi connectivity index (χ0) is 15.6. The summed E-state index contributed by atoms with van der Waals surface area (Å²) in [4.78, 5) is 3.75. The van der Waals surface area contributed by atoms with Crippen molar-refractivity contribution < 1.29 is 13.2 Å². The van der Waals surface area contributed by atoms with E-state index in [0.717, 1.165) is 12.0 Å². The molecule has 3 rings (SSSR count). The third kappa shape index (κ3) is 2.98. The molecule has 0 saturated heterocycles. The lowest BCUT2D eigenvalue weighted by molar-refractivity contribution is -0.146. The molecule has 114 valence electrons. The van der Waals surface area contributed by atoms with Gasteiger partial charge in [-0.25, -0.2) is 4.98 Å². The van der Waals surface area contributed by atoms with E-state index in [1.54, 1.807) is 24.3 Å². The second kappa shape index (κ2) is 5.83. The van der Waals surface area contributed by atoms with Crippen LogP contribution in [0.4, 0.5) is 13.2 Å². The molecular formula is C17H15F3N2. The van der Waals surface area contributed by atoms with Gasteiger partial charge in [0.05, 0.1) is 11.0 Å². The normalized spacial score (nSPS) is 12.0. The van der Waals surface area contributed by atoms with Crippen LogP contribution in [0, 0.1) is 0 Å². The van der Waals surface area contributed by atoms with Gasteiger partial charge in [0.1, 0.15) is 0 Å². The number of benzene rings is 2. The summed E-state index contributed by atoms with van der Waals surface area (Å²) in [5.41, 5.74) is 2.04. The first-order valence-corrected chi connectivity index (χ1v) is 7.12. The van der Waals surface area contributed by atoms with Gasteiger partial charge in [0.15, 0.2) is 0 Å². The van der Waals surface area contributed by atoms with E-state index < -0.39 is 12.0 Å². The van der Waals surface area contributed by atoms with Crippen molar-refractivity contribution in [2.75, 3.05) is 0 Å². The molecule has 0 aliphatic heterocycles. The smallest absolute Gasteiger partial charge is 0.320 e. The Morgan fingerprint density at radius 2 is 1.59 bits per heavy atom. The summed E-state index contributed by atoms with van der Waals surface area (Å²) in [6, 6.07) is 16.5. The number of hydrogen-bond acceptors (Lipinski definition) is 1. The van der Waals surface area contributed by atoms with Crippen molar-refractivity contribution in [3.8, 4) is 0 Å². The SMILES string of the molecule is FC(F)(F)c1nc2ccccc2n1CCCc1ccccc1. The Labute approximate surface area is 126 Å². The predicted molar refractivity (Wildman–Crippen MR) is 79.5 cm³/mol. The number of halogens is 3. The van der Waals surface area contributed by atoms with Gasteiger partial charge in [-0.1, -0.05) is 42.5 Å². The van der Waals surface area contributed by atoms with Crippen LogP contribution >= 0.6 is 0 Å². The molecule has 5 heteroatoms.